The second-order valence-electron chi connectivity index (χ2n) is 12.1. The van der Waals surface area contributed by atoms with Gasteiger partial charge in [-0.3, -0.25) is 24.6 Å². The van der Waals surface area contributed by atoms with E-state index in [1.165, 1.54) is 17.7 Å². The van der Waals surface area contributed by atoms with Crippen molar-refractivity contribution in [2.75, 3.05) is 32.7 Å². The molecule has 0 bridgehead atoms. The number of piperidine rings is 1. The minimum atomic E-state index is -1.46. The van der Waals surface area contributed by atoms with Crippen molar-refractivity contribution in [3.05, 3.63) is 111 Å². The highest BCUT2D eigenvalue weighted by molar-refractivity contribution is 5.95. The predicted molar refractivity (Wildman–Crippen MR) is 176 cm³/mol. The van der Waals surface area contributed by atoms with Gasteiger partial charge >= 0.3 is 0 Å². The third-order valence-electron chi connectivity index (χ3n) is 8.57. The molecule has 2 atom stereocenters. The molecule has 1 unspecified atom stereocenters. The van der Waals surface area contributed by atoms with Crippen LogP contribution in [0.2, 0.25) is 0 Å². The molecule has 1 saturated heterocycles. The van der Waals surface area contributed by atoms with E-state index >= 15 is 0 Å². The van der Waals surface area contributed by atoms with E-state index in [0.717, 1.165) is 50.9 Å². The van der Waals surface area contributed by atoms with Crippen molar-refractivity contribution in [1.82, 2.24) is 15.1 Å². The molecular formula is C36H46N4O5. The molecule has 0 spiro atoms. The van der Waals surface area contributed by atoms with E-state index in [1.807, 2.05) is 62.4 Å². The topological polar surface area (TPSA) is 116 Å². The third kappa shape index (κ3) is 9.70. The van der Waals surface area contributed by atoms with Gasteiger partial charge < -0.3 is 15.3 Å². The second-order valence-corrected chi connectivity index (χ2v) is 12.1. The van der Waals surface area contributed by atoms with Gasteiger partial charge in [-0.1, -0.05) is 74.5 Å². The number of nitro groups is 1. The maximum absolute atomic E-state index is 13.5. The van der Waals surface area contributed by atoms with E-state index < -0.39 is 22.9 Å². The molecule has 0 aliphatic carbocycles. The van der Waals surface area contributed by atoms with Crippen LogP contribution in [0.4, 0.5) is 5.69 Å². The molecule has 9 nitrogen and oxygen atoms in total. The minimum Gasteiger partial charge on any atom is -0.383 e. The van der Waals surface area contributed by atoms with Crippen molar-refractivity contribution in [2.24, 2.45) is 5.92 Å². The molecule has 2 N–H and O–H groups in total. The van der Waals surface area contributed by atoms with Crippen LogP contribution in [0.1, 0.15) is 72.5 Å². The number of nitrogens with one attached hydrogen (secondary N) is 1. The normalized spacial score (nSPS) is 15.3. The Morgan fingerprint density at radius 3 is 2.13 bits per heavy atom. The number of hydrogen-bond donors (Lipinski definition) is 2. The summed E-state index contributed by atoms with van der Waals surface area (Å²) in [6.45, 7) is 8.26. The quantitative estimate of drug-likeness (QED) is 0.171. The monoisotopic (exact) mass is 614 g/mol. The highest BCUT2D eigenvalue weighted by Gasteiger charge is 2.31. The van der Waals surface area contributed by atoms with Crippen LogP contribution in [0.25, 0.3) is 0 Å². The van der Waals surface area contributed by atoms with Crippen molar-refractivity contribution < 1.29 is 19.6 Å². The lowest BCUT2D eigenvalue weighted by Gasteiger charge is -2.32. The number of aliphatic hydroxyl groups is 1. The molecule has 1 fully saturated rings. The summed E-state index contributed by atoms with van der Waals surface area (Å²) in [6, 6.07) is 24.1. The van der Waals surface area contributed by atoms with Crippen LogP contribution in [0.5, 0.6) is 0 Å². The van der Waals surface area contributed by atoms with Crippen molar-refractivity contribution in [1.29, 1.82) is 0 Å². The number of aliphatic hydroxyl groups excluding tert-OH is 1. The maximum atomic E-state index is 13.5. The summed E-state index contributed by atoms with van der Waals surface area (Å²) >= 11 is 0. The Hall–Kier alpha value is -4.08. The average molecular weight is 615 g/mol. The van der Waals surface area contributed by atoms with Crippen LogP contribution < -0.4 is 5.32 Å². The fourth-order valence-electron chi connectivity index (χ4n) is 6.12. The minimum absolute atomic E-state index is 0.189. The number of carbonyl (C=O) groups excluding carboxylic acids is 2. The van der Waals surface area contributed by atoms with Crippen LogP contribution in [-0.2, 0) is 17.8 Å². The van der Waals surface area contributed by atoms with Crippen LogP contribution >= 0.6 is 0 Å². The number of nitro benzene ring substituents is 1. The van der Waals surface area contributed by atoms with E-state index in [0.29, 0.717) is 31.1 Å². The summed E-state index contributed by atoms with van der Waals surface area (Å²) < 4.78 is 0. The number of rotatable bonds is 15. The van der Waals surface area contributed by atoms with E-state index in [9.17, 15) is 24.8 Å². The number of carbonyl (C=O) groups is 2. The van der Waals surface area contributed by atoms with Crippen molar-refractivity contribution in [3.63, 3.8) is 0 Å². The van der Waals surface area contributed by atoms with Crippen LogP contribution in [-0.4, -0.2) is 70.5 Å². The van der Waals surface area contributed by atoms with Crippen molar-refractivity contribution >= 4 is 17.5 Å². The van der Waals surface area contributed by atoms with E-state index in [-0.39, 0.29) is 23.6 Å². The molecule has 1 aliphatic heterocycles. The average Bonchev–Trinajstić information content (AvgIpc) is 3.06. The smallest absolute Gasteiger partial charge is 0.270 e. The Kier molecular flexibility index (Phi) is 12.7. The Bertz CT molecular complexity index is 1390. The van der Waals surface area contributed by atoms with E-state index in [4.69, 9.17) is 0 Å². The molecule has 4 rings (SSSR count). The second kappa shape index (κ2) is 16.8. The summed E-state index contributed by atoms with van der Waals surface area (Å²) in [5.41, 5.74) is 2.50. The number of benzene rings is 3. The highest BCUT2D eigenvalue weighted by atomic mass is 16.6. The first kappa shape index (κ1) is 33.8. The SMILES string of the molecule is CCCN(CCC)C(=O)c1cc([C@@H](Cc2ccccc2)C(O)C(=O)NCC2CCN(Cc3ccccc3)CC2)cc([N+](=O)[O-])c1. The summed E-state index contributed by atoms with van der Waals surface area (Å²) in [6.07, 6.45) is 2.22. The molecule has 2 amide bonds. The van der Waals surface area contributed by atoms with Crippen molar-refractivity contribution in [2.45, 2.75) is 64.5 Å². The summed E-state index contributed by atoms with van der Waals surface area (Å²) in [5, 5.41) is 26.4. The van der Waals surface area contributed by atoms with Gasteiger partial charge in [0.25, 0.3) is 11.6 Å². The molecule has 1 heterocycles. The van der Waals surface area contributed by atoms with Crippen LogP contribution in [0.15, 0.2) is 78.9 Å². The lowest BCUT2D eigenvalue weighted by Crippen LogP contribution is -2.43. The Morgan fingerprint density at radius 1 is 0.956 bits per heavy atom. The number of non-ortho nitro benzene ring substituents is 1. The van der Waals surface area contributed by atoms with Gasteiger partial charge in [0, 0.05) is 49.8 Å². The third-order valence-corrected chi connectivity index (χ3v) is 8.57. The Labute approximate surface area is 266 Å². The number of likely N-dealkylation sites (tertiary alicyclic amines) is 1. The molecule has 9 heteroatoms. The molecule has 0 saturated carbocycles. The van der Waals surface area contributed by atoms with Gasteiger partial charge in [-0.2, -0.15) is 0 Å². The molecule has 45 heavy (non-hydrogen) atoms. The molecule has 3 aromatic rings. The van der Waals surface area contributed by atoms with Gasteiger partial charge in [-0.05, 0) is 73.9 Å². The van der Waals surface area contributed by atoms with E-state index in [2.05, 4.69) is 22.3 Å². The van der Waals surface area contributed by atoms with E-state index in [1.54, 1.807) is 11.0 Å². The summed E-state index contributed by atoms with van der Waals surface area (Å²) in [5.74, 6) is -1.30. The van der Waals surface area contributed by atoms with Gasteiger partial charge in [0.2, 0.25) is 5.91 Å². The Morgan fingerprint density at radius 2 is 1.56 bits per heavy atom. The first-order valence-electron chi connectivity index (χ1n) is 16.1. The van der Waals surface area contributed by atoms with Crippen LogP contribution in [0.3, 0.4) is 0 Å². The zero-order chi connectivity index (χ0) is 32.2. The fourth-order valence-corrected chi connectivity index (χ4v) is 6.12. The van der Waals surface area contributed by atoms with Gasteiger partial charge in [-0.15, -0.1) is 0 Å². The predicted octanol–water partition coefficient (Wildman–Crippen LogP) is 5.57. The molecule has 240 valence electrons. The van der Waals surface area contributed by atoms with Gasteiger partial charge in [0.1, 0.15) is 6.10 Å². The standard InChI is InChI=1S/C36H46N4O5/c1-3-17-39(18-4-2)36(43)31-22-30(23-32(24-31)40(44)45)33(21-27-11-7-5-8-12-27)34(41)35(42)37-25-28-15-19-38(20-16-28)26-29-13-9-6-10-14-29/h5-14,22-24,28,33-34,41H,3-4,15-21,25-26H2,1-2H3,(H,37,42)/t33-,34?/m1/s1. The fraction of sp³-hybridized carbons (Fsp3) is 0.444. The summed E-state index contributed by atoms with van der Waals surface area (Å²) in [7, 11) is 0. The lowest BCUT2D eigenvalue weighted by molar-refractivity contribution is -0.385. The zero-order valence-corrected chi connectivity index (χ0v) is 26.4. The first-order valence-corrected chi connectivity index (χ1v) is 16.1. The van der Waals surface area contributed by atoms with Crippen molar-refractivity contribution in [3.8, 4) is 0 Å². The van der Waals surface area contributed by atoms with Gasteiger partial charge in [0.15, 0.2) is 0 Å². The molecule has 1 aliphatic rings. The molecular weight excluding hydrogens is 568 g/mol. The molecule has 0 aromatic heterocycles. The summed E-state index contributed by atoms with van der Waals surface area (Å²) in [4.78, 5) is 42.5. The lowest BCUT2D eigenvalue weighted by atomic mass is 9.85. The highest BCUT2D eigenvalue weighted by Crippen LogP contribution is 2.30. The first-order chi connectivity index (χ1) is 21.8. The van der Waals surface area contributed by atoms with Crippen LogP contribution in [0, 0.1) is 16.0 Å². The molecule has 0 radical (unpaired) electrons. The largest absolute Gasteiger partial charge is 0.383 e. The Balaban J connectivity index is 1.50. The number of nitrogens with zero attached hydrogens (tertiary/aromatic N) is 3. The number of amides is 2. The van der Waals surface area contributed by atoms with Gasteiger partial charge in [0.05, 0.1) is 4.92 Å². The zero-order valence-electron chi connectivity index (χ0n) is 26.4. The molecule has 3 aromatic carbocycles. The number of hydrogen-bond acceptors (Lipinski definition) is 6. The van der Waals surface area contributed by atoms with Gasteiger partial charge in [-0.25, -0.2) is 0 Å². The maximum Gasteiger partial charge on any atom is 0.270 e.